The minimum Gasteiger partial charge on any atom is -0.493 e. The summed E-state index contributed by atoms with van der Waals surface area (Å²) in [6, 6.07) is 9.64. The van der Waals surface area contributed by atoms with E-state index in [0.717, 1.165) is 5.56 Å². The Bertz CT molecular complexity index is 814. The first-order valence-electron chi connectivity index (χ1n) is 8.27. The molecule has 0 aliphatic rings. The number of hydrogen-bond acceptors (Lipinski definition) is 5. The number of carbonyl (C=O) groups excluding carboxylic acids is 1. The molecular formula is C20H21F2NO5. The lowest BCUT2D eigenvalue weighted by atomic mass is 10.1. The van der Waals surface area contributed by atoms with E-state index in [1.165, 1.54) is 39.5 Å². The normalized spacial score (nSPS) is 10.8. The summed E-state index contributed by atoms with van der Waals surface area (Å²) < 4.78 is 45.1. The van der Waals surface area contributed by atoms with Crippen molar-refractivity contribution in [3.63, 3.8) is 0 Å². The second kappa shape index (κ2) is 10.1. The fourth-order valence-electron chi connectivity index (χ4n) is 2.47. The maximum absolute atomic E-state index is 12.4. The number of hydrogen-bond donors (Lipinski definition) is 1. The number of carbonyl (C=O) groups is 1. The van der Waals surface area contributed by atoms with Crippen molar-refractivity contribution in [1.82, 2.24) is 5.32 Å². The van der Waals surface area contributed by atoms with Crippen molar-refractivity contribution in [1.29, 1.82) is 0 Å². The number of amides is 1. The Morgan fingerprint density at radius 1 is 1.04 bits per heavy atom. The van der Waals surface area contributed by atoms with Gasteiger partial charge in [-0.05, 0) is 29.8 Å². The third-order valence-electron chi connectivity index (χ3n) is 3.74. The van der Waals surface area contributed by atoms with Crippen molar-refractivity contribution in [2.24, 2.45) is 0 Å². The largest absolute Gasteiger partial charge is 0.493 e. The molecule has 8 heteroatoms. The topological polar surface area (TPSA) is 66.0 Å². The molecule has 0 spiro atoms. The van der Waals surface area contributed by atoms with E-state index >= 15 is 0 Å². The van der Waals surface area contributed by atoms with E-state index < -0.39 is 12.5 Å². The minimum atomic E-state index is -2.94. The molecule has 2 aromatic carbocycles. The molecule has 2 aromatic rings. The van der Waals surface area contributed by atoms with Crippen molar-refractivity contribution < 1.29 is 32.5 Å². The van der Waals surface area contributed by atoms with Gasteiger partial charge in [-0.2, -0.15) is 8.78 Å². The lowest BCUT2D eigenvalue weighted by Crippen LogP contribution is -2.20. The molecule has 1 amide bonds. The van der Waals surface area contributed by atoms with E-state index in [4.69, 9.17) is 14.2 Å². The van der Waals surface area contributed by atoms with Gasteiger partial charge in [0.2, 0.25) is 11.7 Å². The number of halogens is 2. The van der Waals surface area contributed by atoms with Crippen LogP contribution in [0, 0.1) is 0 Å². The van der Waals surface area contributed by atoms with E-state index in [-0.39, 0.29) is 12.3 Å². The van der Waals surface area contributed by atoms with Crippen molar-refractivity contribution >= 4 is 12.0 Å². The zero-order chi connectivity index (χ0) is 20.5. The van der Waals surface area contributed by atoms with E-state index in [2.05, 4.69) is 10.1 Å². The number of nitrogens with one attached hydrogen (secondary N) is 1. The van der Waals surface area contributed by atoms with Crippen LogP contribution in [-0.4, -0.2) is 33.8 Å². The predicted molar refractivity (Wildman–Crippen MR) is 100 cm³/mol. The first-order chi connectivity index (χ1) is 13.5. The summed E-state index contributed by atoms with van der Waals surface area (Å²) in [7, 11) is 4.50. The van der Waals surface area contributed by atoms with Crippen LogP contribution in [0.5, 0.6) is 23.0 Å². The molecule has 0 bridgehead atoms. The van der Waals surface area contributed by atoms with Gasteiger partial charge in [-0.3, -0.25) is 4.79 Å². The Labute approximate surface area is 161 Å². The number of para-hydroxylation sites is 1. The summed E-state index contributed by atoms with van der Waals surface area (Å²) in [6.07, 6.45) is 2.65. The van der Waals surface area contributed by atoms with Gasteiger partial charge in [-0.25, -0.2) is 0 Å². The van der Waals surface area contributed by atoms with Crippen LogP contribution in [0.4, 0.5) is 8.78 Å². The molecule has 0 aliphatic heterocycles. The van der Waals surface area contributed by atoms with Gasteiger partial charge in [0.1, 0.15) is 5.75 Å². The molecule has 0 unspecified atom stereocenters. The highest BCUT2D eigenvalue weighted by molar-refractivity contribution is 5.92. The molecule has 150 valence electrons. The number of methoxy groups -OCH3 is 3. The van der Waals surface area contributed by atoms with Crippen LogP contribution in [0.25, 0.3) is 6.08 Å². The lowest BCUT2D eigenvalue weighted by Gasteiger charge is -2.14. The molecule has 28 heavy (non-hydrogen) atoms. The molecule has 1 N–H and O–H groups in total. The fourth-order valence-corrected chi connectivity index (χ4v) is 2.47. The van der Waals surface area contributed by atoms with Gasteiger partial charge in [-0.15, -0.1) is 0 Å². The number of alkyl halides is 2. The molecule has 2 rings (SSSR count). The third kappa shape index (κ3) is 5.60. The first-order valence-corrected chi connectivity index (χ1v) is 8.27. The van der Waals surface area contributed by atoms with Gasteiger partial charge in [0.25, 0.3) is 0 Å². The monoisotopic (exact) mass is 393 g/mol. The molecule has 6 nitrogen and oxygen atoms in total. The van der Waals surface area contributed by atoms with E-state index in [9.17, 15) is 13.6 Å². The second-order valence-corrected chi connectivity index (χ2v) is 5.50. The zero-order valence-corrected chi connectivity index (χ0v) is 15.7. The van der Waals surface area contributed by atoms with Crippen LogP contribution in [0.2, 0.25) is 0 Å². The third-order valence-corrected chi connectivity index (χ3v) is 3.74. The summed E-state index contributed by atoms with van der Waals surface area (Å²) in [4.78, 5) is 12.1. The molecule has 0 saturated carbocycles. The van der Waals surface area contributed by atoms with E-state index in [1.807, 2.05) is 0 Å². The lowest BCUT2D eigenvalue weighted by molar-refractivity contribution is -0.116. The highest BCUT2D eigenvalue weighted by Gasteiger charge is 2.13. The van der Waals surface area contributed by atoms with Crippen LogP contribution >= 0.6 is 0 Å². The molecule has 0 fully saturated rings. The van der Waals surface area contributed by atoms with Crippen LogP contribution in [-0.2, 0) is 11.3 Å². The molecule has 0 saturated heterocycles. The number of rotatable bonds is 9. The van der Waals surface area contributed by atoms with Gasteiger partial charge in [0.15, 0.2) is 11.5 Å². The van der Waals surface area contributed by atoms with Gasteiger partial charge in [0, 0.05) is 18.2 Å². The summed E-state index contributed by atoms with van der Waals surface area (Å²) >= 11 is 0. The van der Waals surface area contributed by atoms with Crippen molar-refractivity contribution in [3.05, 3.63) is 53.6 Å². The molecule has 0 aromatic heterocycles. The van der Waals surface area contributed by atoms with Crippen LogP contribution in [0.1, 0.15) is 11.1 Å². The van der Waals surface area contributed by atoms with Gasteiger partial charge < -0.3 is 24.3 Å². The summed E-state index contributed by atoms with van der Waals surface area (Å²) in [5, 5.41) is 2.70. The summed E-state index contributed by atoms with van der Waals surface area (Å²) in [5.74, 6) is 0.988. The van der Waals surface area contributed by atoms with Gasteiger partial charge in [-0.1, -0.05) is 18.2 Å². The summed E-state index contributed by atoms with van der Waals surface area (Å²) in [5.41, 5.74) is 1.10. The Morgan fingerprint density at radius 3 is 2.25 bits per heavy atom. The standard InChI is InChI=1S/C20H21F2NO5/c1-25-16-10-13(11-17(26-2)19(16)27-3)12-23-18(24)9-8-14-6-4-5-7-15(14)28-20(21)22/h4-11,20H,12H2,1-3H3,(H,23,24)/b9-8+. The Morgan fingerprint density at radius 2 is 1.68 bits per heavy atom. The Kier molecular flexibility index (Phi) is 7.62. The average molecular weight is 393 g/mol. The SMILES string of the molecule is COc1cc(CNC(=O)/C=C/c2ccccc2OC(F)F)cc(OC)c1OC. The predicted octanol–water partition coefficient (Wildman–Crippen LogP) is 3.64. The maximum Gasteiger partial charge on any atom is 0.387 e. The Hall–Kier alpha value is -3.29. The minimum absolute atomic E-state index is 0.00817. The van der Waals surface area contributed by atoms with Crippen LogP contribution in [0.15, 0.2) is 42.5 Å². The van der Waals surface area contributed by atoms with Gasteiger partial charge in [0.05, 0.1) is 21.3 Å². The molecule has 0 aliphatic carbocycles. The van der Waals surface area contributed by atoms with Crippen LogP contribution < -0.4 is 24.3 Å². The maximum atomic E-state index is 12.4. The number of ether oxygens (including phenoxy) is 4. The molecule has 0 atom stereocenters. The first kappa shape index (κ1) is 21.0. The molecular weight excluding hydrogens is 372 g/mol. The summed E-state index contributed by atoms with van der Waals surface area (Å²) in [6.45, 7) is -2.74. The van der Waals surface area contributed by atoms with E-state index in [1.54, 1.807) is 30.3 Å². The number of benzene rings is 2. The second-order valence-electron chi connectivity index (χ2n) is 5.50. The van der Waals surface area contributed by atoms with Gasteiger partial charge >= 0.3 is 6.61 Å². The molecule has 0 heterocycles. The zero-order valence-electron chi connectivity index (χ0n) is 15.7. The van der Waals surface area contributed by atoms with Crippen molar-refractivity contribution in [2.75, 3.05) is 21.3 Å². The quantitative estimate of drug-likeness (QED) is 0.659. The smallest absolute Gasteiger partial charge is 0.387 e. The van der Waals surface area contributed by atoms with E-state index in [0.29, 0.717) is 22.8 Å². The van der Waals surface area contributed by atoms with Crippen LogP contribution in [0.3, 0.4) is 0 Å². The van der Waals surface area contributed by atoms with Crippen molar-refractivity contribution in [3.8, 4) is 23.0 Å². The Balaban J connectivity index is 2.06. The highest BCUT2D eigenvalue weighted by Crippen LogP contribution is 2.38. The highest BCUT2D eigenvalue weighted by atomic mass is 19.3. The average Bonchev–Trinajstić information content (AvgIpc) is 2.70. The van der Waals surface area contributed by atoms with Crippen molar-refractivity contribution in [2.45, 2.75) is 13.2 Å². The molecule has 0 radical (unpaired) electrons. The fraction of sp³-hybridized carbons (Fsp3) is 0.250.